The van der Waals surface area contributed by atoms with Gasteiger partial charge in [-0.15, -0.1) is 0 Å². The number of para-hydroxylation sites is 2. The molecule has 198 valence electrons. The largest absolute Gasteiger partial charge is 0.486 e. The topological polar surface area (TPSA) is 139 Å². The normalized spacial score (nSPS) is 21.7. The molecule has 38 heavy (non-hydrogen) atoms. The van der Waals surface area contributed by atoms with Gasteiger partial charge in [0.2, 0.25) is 5.91 Å². The zero-order valence-electron chi connectivity index (χ0n) is 20.7. The number of nitrogens with one attached hydrogen (secondary N) is 1. The average molecular weight is 521 g/mol. The van der Waals surface area contributed by atoms with Gasteiger partial charge in [0, 0.05) is 36.7 Å². The summed E-state index contributed by atoms with van der Waals surface area (Å²) in [6.45, 7) is -0.0746. The SMILES string of the molecule is COCCN(C(=O)c1cc2ccccc2oc1=O)C1C=C(C(=O)NCCO)C2c3ccccc3OC2C1O. The molecule has 2 heterocycles. The molecule has 0 saturated carbocycles. The van der Waals surface area contributed by atoms with Gasteiger partial charge in [0.1, 0.15) is 29.1 Å². The van der Waals surface area contributed by atoms with Gasteiger partial charge in [0.25, 0.3) is 5.91 Å². The molecule has 0 spiro atoms. The quantitative estimate of drug-likeness (QED) is 0.377. The number of amides is 2. The van der Waals surface area contributed by atoms with Crippen molar-refractivity contribution >= 4 is 22.8 Å². The van der Waals surface area contributed by atoms with Crippen molar-refractivity contribution in [1.29, 1.82) is 0 Å². The highest BCUT2D eigenvalue weighted by Gasteiger charge is 2.50. The Balaban J connectivity index is 1.58. The van der Waals surface area contributed by atoms with E-state index in [4.69, 9.17) is 13.9 Å². The van der Waals surface area contributed by atoms with Crippen LogP contribution in [0, 0.1) is 0 Å². The third kappa shape index (κ3) is 4.58. The van der Waals surface area contributed by atoms with Gasteiger partial charge < -0.3 is 34.3 Å². The molecule has 3 aromatic rings. The number of fused-ring (bicyclic) bond motifs is 4. The van der Waals surface area contributed by atoms with Crippen LogP contribution >= 0.6 is 0 Å². The van der Waals surface area contributed by atoms with Crippen LogP contribution in [0.25, 0.3) is 11.0 Å². The molecule has 10 nitrogen and oxygen atoms in total. The van der Waals surface area contributed by atoms with Crippen LogP contribution in [0.5, 0.6) is 5.75 Å². The summed E-state index contributed by atoms with van der Waals surface area (Å²) in [4.78, 5) is 41.1. The lowest BCUT2D eigenvalue weighted by Crippen LogP contribution is -2.56. The molecule has 2 aliphatic rings. The van der Waals surface area contributed by atoms with Crippen LogP contribution in [0.15, 0.2) is 75.5 Å². The second kappa shape index (κ2) is 10.8. The van der Waals surface area contributed by atoms with Gasteiger partial charge >= 0.3 is 5.63 Å². The molecule has 0 fully saturated rings. The van der Waals surface area contributed by atoms with Crippen molar-refractivity contribution in [2.45, 2.75) is 24.2 Å². The fraction of sp³-hybridized carbons (Fsp3) is 0.321. The number of benzene rings is 2. The second-order valence-corrected chi connectivity index (χ2v) is 9.16. The highest BCUT2D eigenvalue weighted by molar-refractivity contribution is 5.98. The molecule has 4 unspecified atom stereocenters. The van der Waals surface area contributed by atoms with E-state index < -0.39 is 41.6 Å². The highest BCUT2D eigenvalue weighted by Crippen LogP contribution is 2.47. The fourth-order valence-corrected chi connectivity index (χ4v) is 5.13. The Morgan fingerprint density at radius 1 is 1.13 bits per heavy atom. The lowest BCUT2D eigenvalue weighted by atomic mass is 9.77. The summed E-state index contributed by atoms with van der Waals surface area (Å²) in [5, 5.41) is 24.0. The van der Waals surface area contributed by atoms with E-state index in [1.165, 1.54) is 18.1 Å². The Kier molecular flexibility index (Phi) is 7.28. The molecule has 3 N–H and O–H groups in total. The van der Waals surface area contributed by atoms with Gasteiger partial charge in [-0.2, -0.15) is 0 Å². The van der Waals surface area contributed by atoms with Crippen molar-refractivity contribution in [2.24, 2.45) is 0 Å². The van der Waals surface area contributed by atoms with Gasteiger partial charge in [-0.3, -0.25) is 9.59 Å². The molecule has 1 aliphatic carbocycles. The van der Waals surface area contributed by atoms with Crippen LogP contribution in [0.3, 0.4) is 0 Å². The Morgan fingerprint density at radius 3 is 2.68 bits per heavy atom. The summed E-state index contributed by atoms with van der Waals surface area (Å²) in [6.07, 6.45) is -0.543. The van der Waals surface area contributed by atoms with E-state index in [2.05, 4.69) is 5.32 Å². The third-order valence-electron chi connectivity index (χ3n) is 6.91. The summed E-state index contributed by atoms with van der Waals surface area (Å²) < 4.78 is 16.7. The Bertz CT molecular complexity index is 1450. The monoisotopic (exact) mass is 520 g/mol. The first-order valence-electron chi connectivity index (χ1n) is 12.3. The van der Waals surface area contributed by atoms with Crippen LogP contribution in [-0.2, 0) is 9.53 Å². The zero-order chi connectivity index (χ0) is 26.8. The van der Waals surface area contributed by atoms with E-state index in [9.17, 15) is 24.6 Å². The van der Waals surface area contributed by atoms with Crippen molar-refractivity contribution in [3.05, 3.63) is 87.8 Å². The molecule has 5 rings (SSSR count). The number of ether oxygens (including phenoxy) is 2. The molecule has 2 aromatic carbocycles. The second-order valence-electron chi connectivity index (χ2n) is 9.16. The summed E-state index contributed by atoms with van der Waals surface area (Å²) in [7, 11) is 1.47. The standard InChI is InChI=1S/C28H28N2O8/c1-36-13-11-30(27(34)19-14-16-6-2-4-8-21(16)38-28(19)35)20-15-18(26(33)29-10-12-31)23-17-7-3-5-9-22(17)37-25(23)24(20)32/h2-9,14-15,20,23-25,31-32H,10-13H2,1H3,(H,29,33). The minimum Gasteiger partial charge on any atom is -0.486 e. The number of methoxy groups -OCH3 is 1. The molecule has 1 aromatic heterocycles. The average Bonchev–Trinajstić information content (AvgIpc) is 3.32. The van der Waals surface area contributed by atoms with Crippen LogP contribution in [0.1, 0.15) is 21.8 Å². The van der Waals surface area contributed by atoms with Crippen LogP contribution < -0.4 is 15.7 Å². The van der Waals surface area contributed by atoms with Crippen molar-refractivity contribution in [3.8, 4) is 5.75 Å². The fourth-order valence-electron chi connectivity index (χ4n) is 5.13. The molecule has 10 heteroatoms. The predicted molar refractivity (Wildman–Crippen MR) is 137 cm³/mol. The van der Waals surface area contributed by atoms with Crippen molar-refractivity contribution < 1.29 is 33.7 Å². The van der Waals surface area contributed by atoms with Crippen LogP contribution in [0.4, 0.5) is 0 Å². The van der Waals surface area contributed by atoms with Crippen LogP contribution in [-0.4, -0.2) is 78.6 Å². The van der Waals surface area contributed by atoms with E-state index in [0.717, 1.165) is 5.56 Å². The molecule has 0 bridgehead atoms. The van der Waals surface area contributed by atoms with E-state index in [1.807, 2.05) is 12.1 Å². The smallest absolute Gasteiger partial charge is 0.349 e. The number of nitrogens with zero attached hydrogens (tertiary/aromatic N) is 1. The first-order chi connectivity index (χ1) is 18.4. The summed E-state index contributed by atoms with van der Waals surface area (Å²) in [6, 6.07) is 14.5. The number of rotatable bonds is 8. The Hall–Kier alpha value is -3.99. The molecule has 2 amide bonds. The van der Waals surface area contributed by atoms with Crippen LogP contribution in [0.2, 0.25) is 0 Å². The summed E-state index contributed by atoms with van der Waals surface area (Å²) in [5.74, 6) is -1.17. The number of hydrogen-bond acceptors (Lipinski definition) is 8. The van der Waals surface area contributed by atoms with Gasteiger partial charge in [0.15, 0.2) is 0 Å². The van der Waals surface area contributed by atoms with E-state index in [1.54, 1.807) is 42.5 Å². The molecule has 0 radical (unpaired) electrons. The molecule has 0 saturated heterocycles. The number of hydrogen-bond donors (Lipinski definition) is 3. The molecular weight excluding hydrogens is 492 g/mol. The number of aliphatic hydroxyl groups is 2. The van der Waals surface area contributed by atoms with Crippen molar-refractivity contribution in [1.82, 2.24) is 10.2 Å². The Labute approximate surface area is 218 Å². The molecule has 1 aliphatic heterocycles. The van der Waals surface area contributed by atoms with Gasteiger partial charge in [-0.05, 0) is 24.3 Å². The molecular formula is C28H28N2O8. The maximum Gasteiger partial charge on any atom is 0.349 e. The maximum atomic E-state index is 13.8. The van der Waals surface area contributed by atoms with Gasteiger partial charge in [0.05, 0.1) is 25.2 Å². The van der Waals surface area contributed by atoms with Crippen molar-refractivity contribution in [2.75, 3.05) is 33.4 Å². The lowest BCUT2D eigenvalue weighted by molar-refractivity contribution is -0.118. The van der Waals surface area contributed by atoms with Gasteiger partial charge in [-0.1, -0.05) is 36.4 Å². The number of carbonyl (C=O) groups is 2. The van der Waals surface area contributed by atoms with Gasteiger partial charge in [-0.25, -0.2) is 4.79 Å². The molecule has 4 atom stereocenters. The first-order valence-corrected chi connectivity index (χ1v) is 12.3. The predicted octanol–water partition coefficient (Wildman–Crippen LogP) is 1.20. The van der Waals surface area contributed by atoms with E-state index in [-0.39, 0.29) is 31.9 Å². The maximum absolute atomic E-state index is 13.8. The zero-order valence-corrected chi connectivity index (χ0v) is 20.7. The van der Waals surface area contributed by atoms with Crippen molar-refractivity contribution in [3.63, 3.8) is 0 Å². The number of carbonyl (C=O) groups excluding carboxylic acids is 2. The number of aliphatic hydroxyl groups excluding tert-OH is 2. The van der Waals surface area contributed by atoms with E-state index in [0.29, 0.717) is 22.3 Å². The third-order valence-corrected chi connectivity index (χ3v) is 6.91. The minimum atomic E-state index is -1.23. The highest BCUT2D eigenvalue weighted by atomic mass is 16.5. The summed E-state index contributed by atoms with van der Waals surface area (Å²) >= 11 is 0. The van der Waals surface area contributed by atoms with E-state index >= 15 is 0 Å². The lowest BCUT2D eigenvalue weighted by Gasteiger charge is -2.40. The Morgan fingerprint density at radius 2 is 1.89 bits per heavy atom. The first kappa shape index (κ1) is 25.7. The summed E-state index contributed by atoms with van der Waals surface area (Å²) in [5.41, 5.74) is 0.367. The minimum absolute atomic E-state index is 0.0235.